The molecule has 1 aromatic carbocycles. The molecule has 0 saturated heterocycles. The van der Waals surface area contributed by atoms with Gasteiger partial charge >= 0.3 is 0 Å². The van der Waals surface area contributed by atoms with Crippen LogP contribution in [0.15, 0.2) is 24.3 Å². The van der Waals surface area contributed by atoms with Crippen LogP contribution in [0.2, 0.25) is 0 Å². The highest BCUT2D eigenvalue weighted by Crippen LogP contribution is 2.04. The molecule has 0 aliphatic rings. The minimum Gasteiger partial charge on any atom is -0.389 e. The molecule has 0 heterocycles. The minimum absolute atomic E-state index is 0.0752. The summed E-state index contributed by atoms with van der Waals surface area (Å²) in [5.74, 6) is 6.37. The van der Waals surface area contributed by atoms with Gasteiger partial charge < -0.3 is 5.73 Å². The van der Waals surface area contributed by atoms with Crippen LogP contribution in [0.25, 0.3) is 0 Å². The van der Waals surface area contributed by atoms with E-state index in [1.807, 2.05) is 24.3 Å². The van der Waals surface area contributed by atoms with Crippen molar-refractivity contribution in [2.75, 3.05) is 5.75 Å². The Labute approximate surface area is 105 Å². The van der Waals surface area contributed by atoms with Crippen LogP contribution in [0.3, 0.4) is 0 Å². The summed E-state index contributed by atoms with van der Waals surface area (Å²) in [5.41, 5.74) is 7.17. The lowest BCUT2D eigenvalue weighted by molar-refractivity contribution is -0.109. The maximum atomic E-state index is 10.7. The van der Waals surface area contributed by atoms with Gasteiger partial charge in [-0.2, -0.15) is 0 Å². The minimum atomic E-state index is 0.0752. The van der Waals surface area contributed by atoms with Gasteiger partial charge in [-0.15, -0.1) is 0 Å². The molecule has 1 rings (SSSR count). The van der Waals surface area contributed by atoms with Gasteiger partial charge in [0.2, 0.25) is 0 Å². The largest absolute Gasteiger partial charge is 0.389 e. The van der Waals surface area contributed by atoms with E-state index in [-0.39, 0.29) is 5.12 Å². The first-order valence-electron chi connectivity index (χ1n) is 4.61. The smallest absolute Gasteiger partial charge is 0.186 e. The molecule has 0 aliphatic carbocycles. The van der Waals surface area contributed by atoms with E-state index in [2.05, 4.69) is 11.8 Å². The van der Waals surface area contributed by atoms with E-state index in [1.54, 1.807) is 0 Å². The third-order valence-corrected chi connectivity index (χ3v) is 2.66. The summed E-state index contributed by atoms with van der Waals surface area (Å²) in [6.45, 7) is 1.53. The van der Waals surface area contributed by atoms with Crippen LogP contribution < -0.4 is 5.73 Å². The van der Waals surface area contributed by atoms with Gasteiger partial charge in [0.25, 0.3) is 0 Å². The average molecular weight is 249 g/mol. The van der Waals surface area contributed by atoms with Crippen LogP contribution in [0, 0.1) is 11.8 Å². The van der Waals surface area contributed by atoms with E-state index in [4.69, 9.17) is 18.0 Å². The van der Waals surface area contributed by atoms with Crippen molar-refractivity contribution in [3.05, 3.63) is 35.4 Å². The summed E-state index contributed by atoms with van der Waals surface area (Å²) < 4.78 is 0. The van der Waals surface area contributed by atoms with E-state index in [0.29, 0.717) is 10.7 Å². The van der Waals surface area contributed by atoms with Crippen molar-refractivity contribution in [2.24, 2.45) is 5.73 Å². The monoisotopic (exact) mass is 249 g/mol. The first-order chi connectivity index (χ1) is 7.59. The SMILES string of the molecule is CC(=O)SCC#Cc1cccc(C(N)=S)c1. The predicted molar refractivity (Wildman–Crippen MR) is 72.3 cm³/mol. The summed E-state index contributed by atoms with van der Waals surface area (Å²) in [7, 11) is 0. The maximum absolute atomic E-state index is 10.7. The summed E-state index contributed by atoms with van der Waals surface area (Å²) in [5, 5.41) is 0.0752. The molecule has 0 bridgehead atoms. The lowest BCUT2D eigenvalue weighted by Gasteiger charge is -1.97. The van der Waals surface area contributed by atoms with Crippen molar-refractivity contribution in [3.63, 3.8) is 0 Å². The van der Waals surface area contributed by atoms with Crippen molar-refractivity contribution < 1.29 is 4.79 Å². The van der Waals surface area contributed by atoms with Gasteiger partial charge in [0.15, 0.2) is 5.12 Å². The highest BCUT2D eigenvalue weighted by molar-refractivity contribution is 8.13. The normalized spacial score (nSPS) is 9.06. The van der Waals surface area contributed by atoms with Crippen molar-refractivity contribution in [1.29, 1.82) is 0 Å². The molecule has 0 aliphatic heterocycles. The Bertz CT molecular complexity index is 471. The van der Waals surface area contributed by atoms with E-state index >= 15 is 0 Å². The Morgan fingerprint density at radius 2 is 2.31 bits per heavy atom. The molecule has 0 fully saturated rings. The summed E-state index contributed by atoms with van der Waals surface area (Å²) in [6, 6.07) is 7.43. The number of nitrogens with two attached hydrogens (primary N) is 1. The number of hydrogen-bond donors (Lipinski definition) is 1. The molecule has 2 N–H and O–H groups in total. The van der Waals surface area contributed by atoms with E-state index < -0.39 is 0 Å². The van der Waals surface area contributed by atoms with Crippen molar-refractivity contribution >= 4 is 34.1 Å². The molecular formula is C12H11NOS2. The molecular weight excluding hydrogens is 238 g/mol. The third kappa shape index (κ3) is 4.47. The second-order valence-electron chi connectivity index (χ2n) is 3.03. The molecule has 0 atom stereocenters. The fraction of sp³-hybridized carbons (Fsp3) is 0.167. The highest BCUT2D eigenvalue weighted by Gasteiger charge is 1.95. The molecule has 4 heteroatoms. The van der Waals surface area contributed by atoms with Gasteiger partial charge in [0, 0.05) is 18.1 Å². The molecule has 0 aromatic heterocycles. The van der Waals surface area contributed by atoms with Gasteiger partial charge in [-0.05, 0) is 12.1 Å². The zero-order chi connectivity index (χ0) is 12.0. The molecule has 0 saturated carbocycles. The standard InChI is InChI=1S/C12H11NOS2/c1-9(14)16-7-3-5-10-4-2-6-11(8-10)12(13)15/h2,4,6,8H,7H2,1H3,(H2,13,15). The van der Waals surface area contributed by atoms with Crippen molar-refractivity contribution in [1.82, 2.24) is 0 Å². The molecule has 0 radical (unpaired) electrons. The number of rotatable bonds is 2. The number of thioether (sulfide) groups is 1. The molecule has 0 amide bonds. The first kappa shape index (κ1) is 12.8. The number of hydrogen-bond acceptors (Lipinski definition) is 3. The summed E-state index contributed by atoms with van der Waals surface area (Å²) in [4.78, 5) is 11.0. The van der Waals surface area contributed by atoms with Gasteiger partial charge in [-0.25, -0.2) is 0 Å². The third-order valence-electron chi connectivity index (χ3n) is 1.73. The predicted octanol–water partition coefficient (Wildman–Crippen LogP) is 1.95. The molecule has 82 valence electrons. The Kier molecular flexibility index (Phi) is 5.03. The van der Waals surface area contributed by atoms with Crippen LogP contribution in [0.5, 0.6) is 0 Å². The lowest BCUT2D eigenvalue weighted by Crippen LogP contribution is -2.08. The van der Waals surface area contributed by atoms with Crippen LogP contribution in [-0.4, -0.2) is 15.9 Å². The van der Waals surface area contributed by atoms with Gasteiger partial charge in [0.05, 0.1) is 5.75 Å². The quantitative estimate of drug-likeness (QED) is 0.642. The Morgan fingerprint density at radius 3 is 2.94 bits per heavy atom. The van der Waals surface area contributed by atoms with Gasteiger partial charge in [-0.3, -0.25) is 4.79 Å². The van der Waals surface area contributed by atoms with Gasteiger partial charge in [-0.1, -0.05) is 48.0 Å². The zero-order valence-corrected chi connectivity index (χ0v) is 10.5. The second-order valence-corrected chi connectivity index (χ2v) is 4.62. The molecule has 16 heavy (non-hydrogen) atoms. The number of carbonyl (C=O) groups is 1. The lowest BCUT2D eigenvalue weighted by atomic mass is 10.1. The topological polar surface area (TPSA) is 43.1 Å². The Balaban J connectivity index is 2.70. The fourth-order valence-corrected chi connectivity index (χ4v) is 1.50. The zero-order valence-electron chi connectivity index (χ0n) is 8.82. The molecule has 0 spiro atoms. The summed E-state index contributed by atoms with van der Waals surface area (Å²) >= 11 is 6.07. The van der Waals surface area contributed by atoms with Crippen LogP contribution in [0.1, 0.15) is 18.1 Å². The van der Waals surface area contributed by atoms with Crippen molar-refractivity contribution in [2.45, 2.75) is 6.92 Å². The first-order valence-corrected chi connectivity index (χ1v) is 6.01. The van der Waals surface area contributed by atoms with Gasteiger partial charge in [0.1, 0.15) is 4.99 Å². The Morgan fingerprint density at radius 1 is 1.56 bits per heavy atom. The highest BCUT2D eigenvalue weighted by atomic mass is 32.2. The van der Waals surface area contributed by atoms with Crippen molar-refractivity contribution in [3.8, 4) is 11.8 Å². The summed E-state index contributed by atoms with van der Waals surface area (Å²) in [6.07, 6.45) is 0. The fourth-order valence-electron chi connectivity index (χ4n) is 1.03. The van der Waals surface area contributed by atoms with Crippen LogP contribution in [0.4, 0.5) is 0 Å². The number of benzene rings is 1. The molecule has 0 unspecified atom stereocenters. The average Bonchev–Trinajstić information content (AvgIpc) is 2.24. The number of thiocarbonyl (C=S) groups is 1. The second kappa shape index (κ2) is 6.31. The van der Waals surface area contributed by atoms with E-state index in [0.717, 1.165) is 11.1 Å². The van der Waals surface area contributed by atoms with E-state index in [9.17, 15) is 4.79 Å². The van der Waals surface area contributed by atoms with Crippen LogP contribution in [-0.2, 0) is 4.79 Å². The maximum Gasteiger partial charge on any atom is 0.186 e. The Hall–Kier alpha value is -1.31. The number of carbonyl (C=O) groups excluding carboxylic acids is 1. The molecule has 1 aromatic rings. The molecule has 2 nitrogen and oxygen atoms in total. The van der Waals surface area contributed by atoms with Crippen LogP contribution >= 0.6 is 24.0 Å². The van der Waals surface area contributed by atoms with E-state index in [1.165, 1.54) is 18.7 Å².